The number of nitrogens with zero attached hydrogens (tertiary/aromatic N) is 1. The van der Waals surface area contributed by atoms with E-state index in [2.05, 4.69) is 28.4 Å². The minimum Gasteiger partial charge on any atom is -0.378 e. The summed E-state index contributed by atoms with van der Waals surface area (Å²) in [6.07, 6.45) is 3.19. The lowest BCUT2D eigenvalue weighted by molar-refractivity contribution is -0.170. The van der Waals surface area contributed by atoms with E-state index in [4.69, 9.17) is 10.5 Å². The molecule has 1 aliphatic heterocycles. The molecule has 1 amide bonds. The lowest BCUT2D eigenvalue weighted by Gasteiger charge is -2.57. The molecule has 1 aliphatic carbocycles. The molecule has 3 rings (SSSR count). The van der Waals surface area contributed by atoms with Gasteiger partial charge in [-0.15, -0.1) is 0 Å². The fourth-order valence-corrected chi connectivity index (χ4v) is 4.22. The maximum Gasteiger partial charge on any atom is 0.241 e. The molecule has 2 atom stereocenters. The van der Waals surface area contributed by atoms with Crippen LogP contribution in [-0.2, 0) is 22.6 Å². The summed E-state index contributed by atoms with van der Waals surface area (Å²) in [6.45, 7) is 10.5. The van der Waals surface area contributed by atoms with Gasteiger partial charge in [-0.1, -0.05) is 38.1 Å². The third-order valence-electron chi connectivity index (χ3n) is 6.39. The van der Waals surface area contributed by atoms with Crippen LogP contribution in [0.2, 0.25) is 0 Å². The Morgan fingerprint density at radius 3 is 2.54 bits per heavy atom. The molecule has 2 unspecified atom stereocenters. The van der Waals surface area contributed by atoms with E-state index in [1.807, 2.05) is 26.8 Å². The van der Waals surface area contributed by atoms with Gasteiger partial charge >= 0.3 is 0 Å². The average Bonchev–Trinajstić information content (AvgIpc) is 3.13. The van der Waals surface area contributed by atoms with Crippen molar-refractivity contribution in [1.29, 1.82) is 0 Å². The Morgan fingerprint density at radius 2 is 1.92 bits per heavy atom. The second kappa shape index (κ2) is 7.67. The topological polar surface area (TPSA) is 67.6 Å². The summed E-state index contributed by atoms with van der Waals surface area (Å²) in [5.74, 6) is -0.0746. The van der Waals surface area contributed by atoms with Crippen molar-refractivity contribution < 1.29 is 9.53 Å². The zero-order valence-corrected chi connectivity index (χ0v) is 16.4. The highest BCUT2D eigenvalue weighted by Crippen LogP contribution is 2.49. The third-order valence-corrected chi connectivity index (χ3v) is 6.39. The molecule has 26 heavy (non-hydrogen) atoms. The number of ether oxygens (including phenoxy) is 1. The Balaban J connectivity index is 1.61. The normalized spacial score (nSPS) is 27.9. The largest absolute Gasteiger partial charge is 0.378 e. The zero-order valence-electron chi connectivity index (χ0n) is 16.4. The zero-order chi connectivity index (χ0) is 18.8. The maximum atomic E-state index is 12.8. The molecule has 2 fully saturated rings. The van der Waals surface area contributed by atoms with Crippen LogP contribution in [0.15, 0.2) is 24.3 Å². The first kappa shape index (κ1) is 19.3. The average molecular weight is 360 g/mol. The Bertz CT molecular complexity index is 640. The minimum absolute atomic E-state index is 0.0469. The molecule has 144 valence electrons. The molecule has 5 heteroatoms. The van der Waals surface area contributed by atoms with Crippen LogP contribution >= 0.6 is 0 Å². The van der Waals surface area contributed by atoms with Gasteiger partial charge in [-0.2, -0.15) is 0 Å². The molecule has 0 aromatic heterocycles. The molecule has 0 spiro atoms. The minimum atomic E-state index is -0.864. The van der Waals surface area contributed by atoms with Crippen LogP contribution in [0.5, 0.6) is 0 Å². The summed E-state index contributed by atoms with van der Waals surface area (Å²) in [6, 6.07) is 8.37. The quantitative estimate of drug-likeness (QED) is 0.785. The third kappa shape index (κ3) is 3.53. The second-order valence-corrected chi connectivity index (χ2v) is 8.28. The predicted octanol–water partition coefficient (Wildman–Crippen LogP) is 2.43. The van der Waals surface area contributed by atoms with Crippen molar-refractivity contribution in [1.82, 2.24) is 10.2 Å². The number of nitrogens with two attached hydrogens (primary N) is 1. The van der Waals surface area contributed by atoms with Crippen molar-refractivity contribution in [2.24, 2.45) is 11.1 Å². The molecule has 5 nitrogen and oxygen atoms in total. The number of hydrogen-bond donors (Lipinski definition) is 2. The summed E-state index contributed by atoms with van der Waals surface area (Å²) in [4.78, 5) is 15.3. The highest BCUT2D eigenvalue weighted by Gasteiger charge is 2.62. The van der Waals surface area contributed by atoms with Crippen molar-refractivity contribution in [2.45, 2.75) is 64.8 Å². The number of nitrogens with one attached hydrogen (secondary N) is 1. The van der Waals surface area contributed by atoms with E-state index in [0.29, 0.717) is 19.6 Å². The highest BCUT2D eigenvalue weighted by atomic mass is 16.5. The fraction of sp³-hybridized carbons (Fsp3) is 0.667. The van der Waals surface area contributed by atoms with Gasteiger partial charge in [0, 0.05) is 31.5 Å². The standard InChI is InChI=1S/C21H33N3O2/c1-4-26-18-13-21(22,20(18,2)3)19(25)23-14-16-9-5-6-10-17(16)15-24-11-7-8-12-24/h5-6,9-10,18H,4,7-8,11-15,22H2,1-3H3,(H,23,25). The molecule has 0 bridgehead atoms. The summed E-state index contributed by atoms with van der Waals surface area (Å²) in [5, 5.41) is 3.09. The van der Waals surface area contributed by atoms with Crippen molar-refractivity contribution in [3.8, 4) is 0 Å². The Labute approximate surface area is 157 Å². The van der Waals surface area contributed by atoms with Crippen LogP contribution in [0.4, 0.5) is 0 Å². The van der Waals surface area contributed by atoms with Crippen molar-refractivity contribution in [2.75, 3.05) is 19.7 Å². The van der Waals surface area contributed by atoms with Gasteiger partial charge in [-0.3, -0.25) is 9.69 Å². The number of likely N-dealkylation sites (tertiary alicyclic amines) is 1. The number of benzene rings is 1. The number of amides is 1. The van der Waals surface area contributed by atoms with Crippen LogP contribution in [0.25, 0.3) is 0 Å². The smallest absolute Gasteiger partial charge is 0.241 e. The monoisotopic (exact) mass is 359 g/mol. The van der Waals surface area contributed by atoms with Crippen molar-refractivity contribution in [3.05, 3.63) is 35.4 Å². The summed E-state index contributed by atoms with van der Waals surface area (Å²) in [7, 11) is 0. The van der Waals surface area contributed by atoms with Crippen molar-refractivity contribution in [3.63, 3.8) is 0 Å². The van der Waals surface area contributed by atoms with Crippen LogP contribution in [0, 0.1) is 5.41 Å². The van der Waals surface area contributed by atoms with E-state index in [1.165, 1.54) is 37.1 Å². The van der Waals surface area contributed by atoms with E-state index < -0.39 is 5.54 Å². The first-order valence-corrected chi connectivity index (χ1v) is 9.86. The predicted molar refractivity (Wildman–Crippen MR) is 104 cm³/mol. The summed E-state index contributed by atoms with van der Waals surface area (Å²) < 4.78 is 5.73. The van der Waals surface area contributed by atoms with Crippen LogP contribution < -0.4 is 11.1 Å². The highest BCUT2D eigenvalue weighted by molar-refractivity contribution is 5.88. The van der Waals surface area contributed by atoms with Gasteiger partial charge in [0.1, 0.15) is 5.54 Å². The molecule has 3 N–H and O–H groups in total. The molecule has 1 saturated heterocycles. The van der Waals surface area contributed by atoms with Gasteiger partial charge in [-0.25, -0.2) is 0 Å². The number of hydrogen-bond acceptors (Lipinski definition) is 4. The molecular weight excluding hydrogens is 326 g/mol. The van der Waals surface area contributed by atoms with Crippen LogP contribution in [-0.4, -0.2) is 42.1 Å². The van der Waals surface area contributed by atoms with E-state index >= 15 is 0 Å². The number of rotatable bonds is 7. The molecule has 0 radical (unpaired) electrons. The van der Waals surface area contributed by atoms with E-state index in [0.717, 1.165) is 6.54 Å². The van der Waals surface area contributed by atoms with Gasteiger partial charge in [0.2, 0.25) is 5.91 Å². The van der Waals surface area contributed by atoms with Gasteiger partial charge < -0.3 is 15.8 Å². The summed E-state index contributed by atoms with van der Waals surface area (Å²) >= 11 is 0. The molecular formula is C21H33N3O2. The van der Waals surface area contributed by atoms with Gasteiger partial charge in [0.05, 0.1) is 6.10 Å². The molecule has 1 heterocycles. The molecule has 1 aromatic carbocycles. The van der Waals surface area contributed by atoms with Gasteiger partial charge in [0.15, 0.2) is 0 Å². The lowest BCUT2D eigenvalue weighted by atomic mass is 9.54. The Kier molecular flexibility index (Phi) is 5.70. The van der Waals surface area contributed by atoms with Crippen LogP contribution in [0.1, 0.15) is 51.2 Å². The molecule has 1 saturated carbocycles. The second-order valence-electron chi connectivity index (χ2n) is 8.28. The SMILES string of the molecule is CCOC1CC(N)(C(=O)NCc2ccccc2CN2CCCC2)C1(C)C. The fourth-order valence-electron chi connectivity index (χ4n) is 4.22. The lowest BCUT2D eigenvalue weighted by Crippen LogP contribution is -2.75. The van der Waals surface area contributed by atoms with E-state index in [-0.39, 0.29) is 17.4 Å². The first-order chi connectivity index (χ1) is 12.4. The van der Waals surface area contributed by atoms with Crippen molar-refractivity contribution >= 4 is 5.91 Å². The van der Waals surface area contributed by atoms with E-state index in [1.54, 1.807) is 0 Å². The molecule has 2 aliphatic rings. The Morgan fingerprint density at radius 1 is 1.27 bits per heavy atom. The molecule has 1 aromatic rings. The van der Waals surface area contributed by atoms with Gasteiger partial charge in [-0.05, 0) is 44.0 Å². The maximum absolute atomic E-state index is 12.8. The number of carbonyl (C=O) groups excluding carboxylic acids is 1. The summed E-state index contributed by atoms with van der Waals surface area (Å²) in [5.41, 5.74) is 7.72. The van der Waals surface area contributed by atoms with Gasteiger partial charge in [0.25, 0.3) is 0 Å². The van der Waals surface area contributed by atoms with Crippen LogP contribution in [0.3, 0.4) is 0 Å². The van der Waals surface area contributed by atoms with E-state index in [9.17, 15) is 4.79 Å². The first-order valence-electron chi connectivity index (χ1n) is 9.86. The Hall–Kier alpha value is -1.43. The number of carbonyl (C=O) groups is 1.